The molecule has 0 bridgehead atoms. The van der Waals surface area contributed by atoms with Gasteiger partial charge in [-0.25, -0.2) is 8.42 Å². The van der Waals surface area contributed by atoms with Crippen molar-refractivity contribution in [2.24, 2.45) is 0 Å². The van der Waals surface area contributed by atoms with Crippen molar-refractivity contribution in [1.82, 2.24) is 9.29 Å². The number of aromatic amines is 1. The SMILES string of the molecule is Nc1ccc(S(=O)(=O)N2CCCC2c2ccc[nH]2)cc1Br. The number of nitrogens with one attached hydrogen (secondary N) is 1. The summed E-state index contributed by atoms with van der Waals surface area (Å²) in [6.45, 7) is 0.536. The molecule has 3 rings (SSSR count). The first-order chi connectivity index (χ1) is 10.00. The first-order valence-corrected chi connectivity index (χ1v) is 8.93. The van der Waals surface area contributed by atoms with Crippen LogP contribution in [0.5, 0.6) is 0 Å². The van der Waals surface area contributed by atoms with Gasteiger partial charge in [0.2, 0.25) is 10.0 Å². The van der Waals surface area contributed by atoms with Gasteiger partial charge < -0.3 is 10.7 Å². The Hall–Kier alpha value is -1.31. The quantitative estimate of drug-likeness (QED) is 0.816. The van der Waals surface area contributed by atoms with Gasteiger partial charge in [-0.3, -0.25) is 0 Å². The van der Waals surface area contributed by atoms with E-state index in [1.165, 1.54) is 0 Å². The van der Waals surface area contributed by atoms with Crippen molar-refractivity contribution >= 4 is 31.6 Å². The average molecular weight is 370 g/mol. The fourth-order valence-electron chi connectivity index (χ4n) is 2.69. The van der Waals surface area contributed by atoms with Gasteiger partial charge in [0.05, 0.1) is 10.9 Å². The van der Waals surface area contributed by atoms with Gasteiger partial charge >= 0.3 is 0 Å². The standard InChI is InChI=1S/C14H16BrN3O2S/c15-11-9-10(5-6-12(11)16)21(19,20)18-8-2-4-14(18)13-3-1-7-17-13/h1,3,5-7,9,14,17H,2,4,8,16H2. The first-order valence-electron chi connectivity index (χ1n) is 6.70. The molecule has 0 radical (unpaired) electrons. The van der Waals surface area contributed by atoms with Gasteiger partial charge in [0.25, 0.3) is 0 Å². The summed E-state index contributed by atoms with van der Waals surface area (Å²) in [6, 6.07) is 8.42. The van der Waals surface area contributed by atoms with Crippen LogP contribution in [-0.2, 0) is 10.0 Å². The van der Waals surface area contributed by atoms with Crippen molar-refractivity contribution in [2.45, 2.75) is 23.8 Å². The number of nitrogen functional groups attached to an aromatic ring is 1. The second-order valence-electron chi connectivity index (χ2n) is 5.08. The van der Waals surface area contributed by atoms with Crippen LogP contribution in [0, 0.1) is 0 Å². The number of hydrogen-bond acceptors (Lipinski definition) is 3. The zero-order valence-electron chi connectivity index (χ0n) is 11.3. The van der Waals surface area contributed by atoms with Crippen molar-refractivity contribution < 1.29 is 8.42 Å². The average Bonchev–Trinajstić information content (AvgIpc) is 3.11. The Morgan fingerprint density at radius 3 is 2.81 bits per heavy atom. The Morgan fingerprint density at radius 1 is 1.33 bits per heavy atom. The predicted octanol–water partition coefficient (Wildman–Crippen LogP) is 2.89. The Balaban J connectivity index is 1.99. The number of anilines is 1. The van der Waals surface area contributed by atoms with Crippen molar-refractivity contribution in [2.75, 3.05) is 12.3 Å². The summed E-state index contributed by atoms with van der Waals surface area (Å²) in [5.41, 5.74) is 7.19. The Morgan fingerprint density at radius 2 is 2.14 bits per heavy atom. The number of aromatic nitrogens is 1. The summed E-state index contributed by atoms with van der Waals surface area (Å²) in [4.78, 5) is 3.38. The highest BCUT2D eigenvalue weighted by atomic mass is 79.9. The molecular weight excluding hydrogens is 354 g/mol. The third kappa shape index (κ3) is 2.61. The second-order valence-corrected chi connectivity index (χ2v) is 7.83. The van der Waals surface area contributed by atoms with Crippen LogP contribution in [0.2, 0.25) is 0 Å². The Kier molecular flexibility index (Phi) is 3.81. The van der Waals surface area contributed by atoms with Gasteiger partial charge in [0.15, 0.2) is 0 Å². The molecule has 1 aliphatic heterocycles. The summed E-state index contributed by atoms with van der Waals surface area (Å²) in [5, 5.41) is 0. The summed E-state index contributed by atoms with van der Waals surface area (Å²) in [6.07, 6.45) is 3.51. The van der Waals surface area contributed by atoms with E-state index in [9.17, 15) is 8.42 Å². The summed E-state index contributed by atoms with van der Waals surface area (Å²) in [5.74, 6) is 0. The molecule has 21 heavy (non-hydrogen) atoms. The van der Waals surface area contributed by atoms with E-state index >= 15 is 0 Å². The number of nitrogens with two attached hydrogens (primary N) is 1. The highest BCUT2D eigenvalue weighted by molar-refractivity contribution is 9.10. The predicted molar refractivity (Wildman–Crippen MR) is 85.2 cm³/mol. The summed E-state index contributed by atoms with van der Waals surface area (Å²) >= 11 is 3.29. The van der Waals surface area contributed by atoms with Crippen LogP contribution in [0.25, 0.3) is 0 Å². The van der Waals surface area contributed by atoms with E-state index in [0.29, 0.717) is 16.7 Å². The first kappa shape index (κ1) is 14.6. The molecule has 1 unspecified atom stereocenters. The number of H-pyrrole nitrogens is 1. The van der Waals surface area contributed by atoms with Crippen molar-refractivity contribution in [1.29, 1.82) is 0 Å². The van der Waals surface area contributed by atoms with Gasteiger partial charge in [-0.1, -0.05) is 0 Å². The van der Waals surface area contributed by atoms with Crippen LogP contribution in [-0.4, -0.2) is 24.3 Å². The number of halogens is 1. The van der Waals surface area contributed by atoms with E-state index in [4.69, 9.17) is 5.73 Å². The van der Waals surface area contributed by atoms with Crippen LogP contribution in [0.3, 0.4) is 0 Å². The maximum atomic E-state index is 12.9. The molecule has 2 aromatic rings. The van der Waals surface area contributed by atoms with Gasteiger partial charge in [0.1, 0.15) is 0 Å². The lowest BCUT2D eigenvalue weighted by atomic mass is 10.2. The molecule has 1 atom stereocenters. The number of rotatable bonds is 3. The molecule has 0 aliphatic carbocycles. The highest BCUT2D eigenvalue weighted by Crippen LogP contribution is 2.36. The molecule has 7 heteroatoms. The second kappa shape index (κ2) is 5.47. The molecule has 1 aromatic carbocycles. The normalized spacial score (nSPS) is 20.0. The van der Waals surface area contributed by atoms with Crippen LogP contribution >= 0.6 is 15.9 Å². The van der Waals surface area contributed by atoms with E-state index < -0.39 is 10.0 Å². The smallest absolute Gasteiger partial charge is 0.243 e. The molecule has 5 nitrogen and oxygen atoms in total. The molecule has 0 amide bonds. The minimum atomic E-state index is -3.53. The van der Waals surface area contributed by atoms with Gasteiger partial charge in [-0.15, -0.1) is 0 Å². The lowest BCUT2D eigenvalue weighted by Crippen LogP contribution is -2.30. The molecule has 0 saturated carbocycles. The van der Waals surface area contributed by atoms with Crippen molar-refractivity contribution in [3.63, 3.8) is 0 Å². The van der Waals surface area contributed by atoms with Gasteiger partial charge in [-0.2, -0.15) is 4.31 Å². The van der Waals surface area contributed by atoms with Gasteiger partial charge in [-0.05, 0) is 59.1 Å². The molecule has 0 spiro atoms. The molecule has 112 valence electrons. The largest absolute Gasteiger partial charge is 0.398 e. The zero-order chi connectivity index (χ0) is 15.0. The fourth-order valence-corrected chi connectivity index (χ4v) is 4.93. The van der Waals surface area contributed by atoms with Crippen molar-refractivity contribution in [3.05, 3.63) is 46.7 Å². The van der Waals surface area contributed by atoms with Crippen LogP contribution in [0.1, 0.15) is 24.6 Å². The number of nitrogens with zero attached hydrogens (tertiary/aromatic N) is 1. The monoisotopic (exact) mass is 369 g/mol. The Labute approximate surface area is 132 Å². The number of sulfonamides is 1. The highest BCUT2D eigenvalue weighted by Gasteiger charge is 2.36. The van der Waals surface area contributed by atoms with Crippen molar-refractivity contribution in [3.8, 4) is 0 Å². The maximum Gasteiger partial charge on any atom is 0.243 e. The summed E-state index contributed by atoms with van der Waals surface area (Å²) < 4.78 is 27.9. The molecule has 3 N–H and O–H groups in total. The topological polar surface area (TPSA) is 79.2 Å². The fraction of sp³-hybridized carbons (Fsp3) is 0.286. The minimum Gasteiger partial charge on any atom is -0.398 e. The lowest BCUT2D eigenvalue weighted by molar-refractivity contribution is 0.391. The molecule has 1 fully saturated rings. The van der Waals surface area contributed by atoms with Crippen LogP contribution in [0.15, 0.2) is 45.9 Å². The third-order valence-corrected chi connectivity index (χ3v) is 6.35. The van der Waals surface area contributed by atoms with Crippen LogP contribution < -0.4 is 5.73 Å². The minimum absolute atomic E-state index is 0.124. The molecule has 1 saturated heterocycles. The lowest BCUT2D eigenvalue weighted by Gasteiger charge is -2.23. The van der Waals surface area contributed by atoms with Crippen LogP contribution in [0.4, 0.5) is 5.69 Å². The van der Waals surface area contributed by atoms with E-state index in [1.54, 1.807) is 22.5 Å². The third-order valence-electron chi connectivity index (χ3n) is 3.76. The number of hydrogen-bond donors (Lipinski definition) is 2. The molecule has 1 aromatic heterocycles. The Bertz CT molecular complexity index is 744. The molecule has 1 aliphatic rings. The molecular formula is C14H16BrN3O2S. The zero-order valence-corrected chi connectivity index (χ0v) is 13.7. The number of benzene rings is 1. The van der Waals surface area contributed by atoms with Gasteiger partial charge in [0, 0.05) is 28.6 Å². The van der Waals surface area contributed by atoms with E-state index in [0.717, 1.165) is 18.5 Å². The van der Waals surface area contributed by atoms with E-state index in [1.807, 2.05) is 18.3 Å². The van der Waals surface area contributed by atoms with E-state index in [-0.39, 0.29) is 10.9 Å². The summed E-state index contributed by atoms with van der Waals surface area (Å²) in [7, 11) is -3.53. The molecule has 2 heterocycles. The maximum absolute atomic E-state index is 12.9. The van der Waals surface area contributed by atoms with E-state index in [2.05, 4.69) is 20.9 Å².